The molecule has 0 radical (unpaired) electrons. The maximum absolute atomic E-state index is 5.49. The van der Waals surface area contributed by atoms with Gasteiger partial charge >= 0.3 is 0 Å². The molecule has 96 valence electrons. The molecule has 0 bridgehead atoms. The van der Waals surface area contributed by atoms with Crippen molar-refractivity contribution in [3.05, 3.63) is 42.1 Å². The first-order valence-corrected chi connectivity index (χ1v) is 7.00. The van der Waals surface area contributed by atoms with E-state index in [1.54, 1.807) is 0 Å². The lowest BCUT2D eigenvalue weighted by molar-refractivity contribution is 0.465. The largest absolute Gasteiger partial charge is 0.410 e. The van der Waals surface area contributed by atoms with Gasteiger partial charge < -0.3 is 4.42 Å². The van der Waals surface area contributed by atoms with Gasteiger partial charge in [0.15, 0.2) is 0 Å². The van der Waals surface area contributed by atoms with E-state index in [1.165, 1.54) is 11.8 Å². The number of rotatable bonds is 3. The molecule has 0 aliphatic rings. The van der Waals surface area contributed by atoms with Crippen LogP contribution in [0.25, 0.3) is 17.3 Å². The quantitative estimate of drug-likeness (QED) is 0.686. The molecule has 0 fully saturated rings. The minimum Gasteiger partial charge on any atom is -0.410 e. The molecule has 0 saturated heterocycles. The molecule has 0 spiro atoms. The first-order valence-electron chi connectivity index (χ1n) is 5.78. The molecule has 1 aromatic carbocycles. The van der Waals surface area contributed by atoms with Gasteiger partial charge in [-0.05, 0) is 31.4 Å². The minimum atomic E-state index is 0.446. The van der Waals surface area contributed by atoms with Gasteiger partial charge in [0.2, 0.25) is 0 Å². The van der Waals surface area contributed by atoms with Crippen LogP contribution in [0.4, 0.5) is 0 Å². The van der Waals surface area contributed by atoms with Crippen LogP contribution in [-0.4, -0.2) is 26.2 Å². The Morgan fingerprint density at radius 2 is 1.95 bits per heavy atom. The number of aryl methyl sites for hydroxylation is 1. The SMILES string of the molecule is CSc1nnc(-c2cc(C)n(-c3ccccc3)n2)o1. The lowest BCUT2D eigenvalue weighted by Gasteiger charge is -2.02. The molecule has 3 rings (SSSR count). The van der Waals surface area contributed by atoms with Gasteiger partial charge in [0.25, 0.3) is 11.1 Å². The summed E-state index contributed by atoms with van der Waals surface area (Å²) in [6, 6.07) is 11.9. The molecule has 0 N–H and O–H groups in total. The van der Waals surface area contributed by atoms with E-state index in [9.17, 15) is 0 Å². The van der Waals surface area contributed by atoms with Crippen LogP contribution in [0.3, 0.4) is 0 Å². The van der Waals surface area contributed by atoms with Gasteiger partial charge in [-0.2, -0.15) is 5.10 Å². The molecule has 2 aromatic heterocycles. The van der Waals surface area contributed by atoms with Crippen LogP contribution in [0.15, 0.2) is 46.0 Å². The van der Waals surface area contributed by atoms with Crippen molar-refractivity contribution in [3.63, 3.8) is 0 Å². The Hall–Kier alpha value is -2.08. The molecular weight excluding hydrogens is 260 g/mol. The Kier molecular flexibility index (Phi) is 3.08. The summed E-state index contributed by atoms with van der Waals surface area (Å²) in [5.41, 5.74) is 2.72. The molecule has 6 heteroatoms. The zero-order valence-electron chi connectivity index (χ0n) is 10.6. The van der Waals surface area contributed by atoms with E-state index >= 15 is 0 Å². The van der Waals surface area contributed by atoms with Gasteiger partial charge in [-0.15, -0.1) is 10.2 Å². The van der Waals surface area contributed by atoms with Crippen molar-refractivity contribution in [2.45, 2.75) is 12.1 Å². The average molecular weight is 272 g/mol. The Bertz CT molecular complexity index is 690. The second kappa shape index (κ2) is 4.89. The average Bonchev–Trinajstić information content (AvgIpc) is 3.06. The van der Waals surface area contributed by atoms with Crippen LogP contribution < -0.4 is 0 Å². The minimum absolute atomic E-state index is 0.446. The number of thioether (sulfide) groups is 1. The monoisotopic (exact) mass is 272 g/mol. The predicted octanol–water partition coefficient (Wildman–Crippen LogP) is 2.95. The Morgan fingerprint density at radius 3 is 2.63 bits per heavy atom. The molecule has 19 heavy (non-hydrogen) atoms. The third kappa shape index (κ3) is 2.26. The zero-order valence-corrected chi connectivity index (χ0v) is 11.4. The Balaban J connectivity index is 2.02. The lowest BCUT2D eigenvalue weighted by Crippen LogP contribution is -1.98. The number of nitrogens with zero attached hydrogens (tertiary/aromatic N) is 4. The summed E-state index contributed by atoms with van der Waals surface area (Å²) in [5, 5.41) is 13.0. The van der Waals surface area contributed by atoms with E-state index < -0.39 is 0 Å². The van der Waals surface area contributed by atoms with E-state index in [-0.39, 0.29) is 0 Å². The van der Waals surface area contributed by atoms with Gasteiger partial charge in [-0.25, -0.2) is 4.68 Å². The lowest BCUT2D eigenvalue weighted by atomic mass is 10.3. The summed E-state index contributed by atoms with van der Waals surface area (Å²) < 4.78 is 7.35. The number of benzene rings is 1. The number of hydrogen-bond donors (Lipinski definition) is 0. The second-order valence-electron chi connectivity index (χ2n) is 4.00. The molecule has 2 heterocycles. The van der Waals surface area contributed by atoms with Crippen molar-refractivity contribution in [3.8, 4) is 17.3 Å². The Labute approximate surface area is 114 Å². The van der Waals surface area contributed by atoms with Crippen molar-refractivity contribution < 1.29 is 4.42 Å². The van der Waals surface area contributed by atoms with Crippen LogP contribution in [-0.2, 0) is 0 Å². The third-order valence-electron chi connectivity index (χ3n) is 2.69. The summed E-state index contributed by atoms with van der Waals surface area (Å²) in [5.74, 6) is 0.446. The predicted molar refractivity (Wildman–Crippen MR) is 73.4 cm³/mol. The van der Waals surface area contributed by atoms with Crippen molar-refractivity contribution in [1.29, 1.82) is 0 Å². The van der Waals surface area contributed by atoms with Crippen LogP contribution in [0.1, 0.15) is 5.69 Å². The van der Waals surface area contributed by atoms with E-state index in [1.807, 2.05) is 54.3 Å². The summed E-state index contributed by atoms with van der Waals surface area (Å²) in [4.78, 5) is 0. The van der Waals surface area contributed by atoms with Crippen LogP contribution in [0.2, 0.25) is 0 Å². The summed E-state index contributed by atoms with van der Waals surface area (Å²) in [6.45, 7) is 2.00. The van der Waals surface area contributed by atoms with Gasteiger partial charge in [0.05, 0.1) is 5.69 Å². The first kappa shape index (κ1) is 12.0. The molecule has 0 aliphatic heterocycles. The highest BCUT2D eigenvalue weighted by molar-refractivity contribution is 7.98. The molecular formula is C13H12N4OS. The number of hydrogen-bond acceptors (Lipinski definition) is 5. The number of aromatic nitrogens is 4. The fraction of sp³-hybridized carbons (Fsp3) is 0.154. The fourth-order valence-electron chi connectivity index (χ4n) is 1.81. The third-order valence-corrected chi connectivity index (χ3v) is 3.20. The van der Waals surface area contributed by atoms with Crippen LogP contribution in [0, 0.1) is 6.92 Å². The van der Waals surface area contributed by atoms with E-state index in [0.717, 1.165) is 11.4 Å². The topological polar surface area (TPSA) is 56.7 Å². The van der Waals surface area contributed by atoms with Crippen molar-refractivity contribution >= 4 is 11.8 Å². The maximum Gasteiger partial charge on any atom is 0.276 e. The van der Waals surface area contributed by atoms with Crippen LogP contribution >= 0.6 is 11.8 Å². The van der Waals surface area contributed by atoms with Gasteiger partial charge in [0, 0.05) is 5.69 Å². The van der Waals surface area contributed by atoms with Crippen molar-refractivity contribution in [1.82, 2.24) is 20.0 Å². The van der Waals surface area contributed by atoms with E-state index in [0.29, 0.717) is 16.8 Å². The van der Waals surface area contributed by atoms with Gasteiger partial charge in [-0.1, -0.05) is 30.0 Å². The van der Waals surface area contributed by atoms with Crippen molar-refractivity contribution in [2.24, 2.45) is 0 Å². The molecule has 5 nitrogen and oxygen atoms in total. The molecule has 0 atom stereocenters. The molecule has 0 saturated carbocycles. The molecule has 0 aliphatic carbocycles. The summed E-state index contributed by atoms with van der Waals surface area (Å²) in [7, 11) is 0. The van der Waals surface area contributed by atoms with Crippen LogP contribution in [0.5, 0.6) is 0 Å². The first-order chi connectivity index (χ1) is 9.28. The maximum atomic E-state index is 5.49. The smallest absolute Gasteiger partial charge is 0.276 e. The van der Waals surface area contributed by atoms with E-state index in [4.69, 9.17) is 4.42 Å². The highest BCUT2D eigenvalue weighted by Gasteiger charge is 2.13. The highest BCUT2D eigenvalue weighted by Crippen LogP contribution is 2.22. The summed E-state index contributed by atoms with van der Waals surface area (Å²) in [6.07, 6.45) is 1.89. The highest BCUT2D eigenvalue weighted by atomic mass is 32.2. The standard InChI is InChI=1S/C13H12N4OS/c1-9-8-11(12-14-15-13(18-12)19-2)16-17(9)10-6-4-3-5-7-10/h3-8H,1-2H3. The Morgan fingerprint density at radius 1 is 1.16 bits per heavy atom. The normalized spacial score (nSPS) is 10.8. The molecule has 0 amide bonds. The number of para-hydroxylation sites is 1. The van der Waals surface area contributed by atoms with Gasteiger partial charge in [0.1, 0.15) is 5.69 Å². The second-order valence-corrected chi connectivity index (χ2v) is 4.75. The zero-order chi connectivity index (χ0) is 13.2. The van der Waals surface area contributed by atoms with E-state index in [2.05, 4.69) is 15.3 Å². The summed E-state index contributed by atoms with van der Waals surface area (Å²) >= 11 is 1.42. The molecule has 0 unspecified atom stereocenters. The van der Waals surface area contributed by atoms with Crippen molar-refractivity contribution in [2.75, 3.05) is 6.26 Å². The fourth-order valence-corrected chi connectivity index (χ4v) is 2.09. The molecule has 3 aromatic rings. The van der Waals surface area contributed by atoms with Gasteiger partial charge in [-0.3, -0.25) is 0 Å².